The lowest BCUT2D eigenvalue weighted by atomic mass is 9.72. The summed E-state index contributed by atoms with van der Waals surface area (Å²) in [6.07, 6.45) is 4.15. The Bertz CT molecular complexity index is 682. The summed E-state index contributed by atoms with van der Waals surface area (Å²) in [5.74, 6) is -4.05. The van der Waals surface area contributed by atoms with Gasteiger partial charge in [-0.3, -0.25) is 9.59 Å². The molecule has 0 spiro atoms. The average Bonchev–Trinajstić information content (AvgIpc) is 2.59. The van der Waals surface area contributed by atoms with Gasteiger partial charge in [0.1, 0.15) is 0 Å². The lowest BCUT2D eigenvalue weighted by Crippen LogP contribution is -2.48. The summed E-state index contributed by atoms with van der Waals surface area (Å²) in [5, 5.41) is 2.35. The molecule has 0 saturated heterocycles. The summed E-state index contributed by atoms with van der Waals surface area (Å²) in [4.78, 5) is 24.2. The van der Waals surface area contributed by atoms with Crippen LogP contribution in [0.2, 0.25) is 0 Å². The number of halogens is 2. The molecule has 1 aromatic carbocycles. The number of alkyl halides is 2. The van der Waals surface area contributed by atoms with Crippen molar-refractivity contribution in [2.45, 2.75) is 44.4 Å². The Morgan fingerprint density at radius 3 is 2.44 bits per heavy atom. The number of benzene rings is 1. The second-order valence-electron chi connectivity index (χ2n) is 6.57. The van der Waals surface area contributed by atoms with Gasteiger partial charge in [-0.05, 0) is 24.0 Å². The van der Waals surface area contributed by atoms with Crippen molar-refractivity contribution in [1.29, 1.82) is 0 Å². The van der Waals surface area contributed by atoms with E-state index in [1.54, 1.807) is 24.3 Å². The summed E-state index contributed by atoms with van der Waals surface area (Å²) in [6.45, 7) is 8.69. The molecule has 0 aliphatic rings. The topological polar surface area (TPSA) is 55.4 Å². The van der Waals surface area contributed by atoms with Crippen LogP contribution in [0.1, 0.15) is 37.8 Å². The lowest BCUT2D eigenvalue weighted by Gasteiger charge is -2.34. The Labute approximate surface area is 159 Å². The monoisotopic (exact) mass is 379 g/mol. The Balaban J connectivity index is 3.37. The van der Waals surface area contributed by atoms with Crippen LogP contribution < -0.4 is 5.32 Å². The number of ether oxygens (including phenoxy) is 1. The minimum atomic E-state index is -3.04. The summed E-state index contributed by atoms with van der Waals surface area (Å²) < 4.78 is 31.6. The molecule has 1 unspecified atom stereocenters. The highest BCUT2D eigenvalue weighted by molar-refractivity contribution is 5.89. The van der Waals surface area contributed by atoms with Gasteiger partial charge in [-0.25, -0.2) is 8.78 Å². The molecule has 0 fully saturated rings. The fourth-order valence-electron chi connectivity index (χ4n) is 3.02. The number of rotatable bonds is 11. The van der Waals surface area contributed by atoms with Gasteiger partial charge in [0.2, 0.25) is 5.91 Å². The van der Waals surface area contributed by atoms with Gasteiger partial charge in [0, 0.05) is 20.3 Å². The van der Waals surface area contributed by atoms with Crippen LogP contribution in [0.5, 0.6) is 0 Å². The third-order valence-electron chi connectivity index (χ3n) is 4.22. The molecule has 6 heteroatoms. The van der Waals surface area contributed by atoms with Gasteiger partial charge in [0.25, 0.3) is 5.92 Å². The fourth-order valence-corrected chi connectivity index (χ4v) is 3.02. The van der Waals surface area contributed by atoms with E-state index in [0.717, 1.165) is 12.5 Å². The Hall–Kier alpha value is -2.50. The molecule has 1 amide bonds. The molecule has 0 bridgehead atoms. The van der Waals surface area contributed by atoms with E-state index in [1.165, 1.54) is 6.92 Å². The predicted octanol–water partition coefficient (Wildman–Crippen LogP) is 3.95. The van der Waals surface area contributed by atoms with Gasteiger partial charge in [-0.15, -0.1) is 13.2 Å². The standard InChI is InChI=1S/C21H27F2NO3/c1-5-9-17-10-7-8-11-18(17)21(12-6-2,13-14-27-16(3)25)19(26)24-15-20(4,22)23/h5-8,10-11H,1-2,9,12-15H2,3-4H3,(H,24,26). The number of nitrogens with one attached hydrogen (secondary N) is 1. The van der Waals surface area contributed by atoms with E-state index in [1.807, 2.05) is 12.1 Å². The number of carbonyl (C=O) groups is 2. The highest BCUT2D eigenvalue weighted by Gasteiger charge is 2.41. The van der Waals surface area contributed by atoms with Crippen molar-refractivity contribution in [2.24, 2.45) is 0 Å². The molecule has 0 heterocycles. The van der Waals surface area contributed by atoms with Crippen molar-refractivity contribution in [3.8, 4) is 0 Å². The van der Waals surface area contributed by atoms with Crippen molar-refractivity contribution in [3.05, 3.63) is 60.7 Å². The molecule has 0 aliphatic carbocycles. The maximum Gasteiger partial charge on any atom is 0.302 e. The van der Waals surface area contributed by atoms with Crippen molar-refractivity contribution in [2.75, 3.05) is 13.2 Å². The summed E-state index contributed by atoms with van der Waals surface area (Å²) in [6, 6.07) is 7.28. The van der Waals surface area contributed by atoms with Crippen LogP contribution in [-0.4, -0.2) is 31.0 Å². The van der Waals surface area contributed by atoms with E-state index in [0.29, 0.717) is 12.0 Å². The third-order valence-corrected chi connectivity index (χ3v) is 4.22. The highest BCUT2D eigenvalue weighted by atomic mass is 19.3. The van der Waals surface area contributed by atoms with Crippen LogP contribution in [0.3, 0.4) is 0 Å². The molecular formula is C21H27F2NO3. The second-order valence-corrected chi connectivity index (χ2v) is 6.57. The molecule has 0 aliphatic heterocycles. The van der Waals surface area contributed by atoms with E-state index >= 15 is 0 Å². The Kier molecular flexibility index (Phi) is 8.34. The summed E-state index contributed by atoms with van der Waals surface area (Å²) >= 11 is 0. The zero-order chi connectivity index (χ0) is 20.5. The Morgan fingerprint density at radius 2 is 1.89 bits per heavy atom. The van der Waals surface area contributed by atoms with Crippen molar-refractivity contribution < 1.29 is 23.1 Å². The number of amides is 1. The highest BCUT2D eigenvalue weighted by Crippen LogP contribution is 2.36. The third kappa shape index (κ3) is 6.62. The van der Waals surface area contributed by atoms with Gasteiger partial charge < -0.3 is 10.1 Å². The molecule has 1 N–H and O–H groups in total. The van der Waals surface area contributed by atoms with E-state index in [4.69, 9.17) is 4.74 Å². The number of carbonyl (C=O) groups excluding carboxylic acids is 2. The van der Waals surface area contributed by atoms with Gasteiger partial charge in [-0.1, -0.05) is 36.4 Å². The predicted molar refractivity (Wildman–Crippen MR) is 102 cm³/mol. The second kappa shape index (κ2) is 10.00. The normalized spacial score (nSPS) is 13.3. The fraction of sp³-hybridized carbons (Fsp3) is 0.429. The van der Waals surface area contributed by atoms with Crippen LogP contribution >= 0.6 is 0 Å². The van der Waals surface area contributed by atoms with E-state index in [-0.39, 0.29) is 19.4 Å². The molecular weight excluding hydrogens is 352 g/mol. The Morgan fingerprint density at radius 1 is 1.22 bits per heavy atom. The first kappa shape index (κ1) is 22.5. The van der Waals surface area contributed by atoms with Gasteiger partial charge in [0.15, 0.2) is 0 Å². The molecule has 4 nitrogen and oxygen atoms in total. The molecule has 0 saturated carbocycles. The van der Waals surface area contributed by atoms with Crippen LogP contribution in [0.15, 0.2) is 49.6 Å². The van der Waals surface area contributed by atoms with Gasteiger partial charge in [0.05, 0.1) is 18.6 Å². The molecule has 1 rings (SSSR count). The minimum Gasteiger partial charge on any atom is -0.466 e. The molecule has 27 heavy (non-hydrogen) atoms. The zero-order valence-corrected chi connectivity index (χ0v) is 15.9. The molecule has 0 radical (unpaired) electrons. The van der Waals surface area contributed by atoms with Crippen LogP contribution in [0.4, 0.5) is 8.78 Å². The number of allylic oxidation sites excluding steroid dienone is 2. The van der Waals surface area contributed by atoms with Crippen LogP contribution in [0, 0.1) is 0 Å². The van der Waals surface area contributed by atoms with Gasteiger partial charge >= 0.3 is 5.97 Å². The van der Waals surface area contributed by atoms with Crippen molar-refractivity contribution in [1.82, 2.24) is 5.32 Å². The number of hydrogen-bond donors (Lipinski definition) is 1. The minimum absolute atomic E-state index is 0.0124. The van der Waals surface area contributed by atoms with Crippen molar-refractivity contribution >= 4 is 11.9 Å². The summed E-state index contributed by atoms with van der Waals surface area (Å²) in [5.41, 5.74) is 0.367. The van der Waals surface area contributed by atoms with E-state index in [2.05, 4.69) is 18.5 Å². The van der Waals surface area contributed by atoms with Gasteiger partial charge in [-0.2, -0.15) is 0 Å². The smallest absolute Gasteiger partial charge is 0.302 e. The number of hydrogen-bond acceptors (Lipinski definition) is 3. The maximum absolute atomic E-state index is 13.3. The van der Waals surface area contributed by atoms with Crippen LogP contribution in [0.25, 0.3) is 0 Å². The van der Waals surface area contributed by atoms with Crippen molar-refractivity contribution in [3.63, 3.8) is 0 Å². The number of esters is 1. The molecule has 0 aromatic heterocycles. The first-order chi connectivity index (χ1) is 12.7. The van der Waals surface area contributed by atoms with E-state index < -0.39 is 29.8 Å². The SMILES string of the molecule is C=CCc1ccccc1C(CC=C)(CCOC(C)=O)C(=O)NCC(C)(F)F. The average molecular weight is 379 g/mol. The zero-order valence-electron chi connectivity index (χ0n) is 15.9. The summed E-state index contributed by atoms with van der Waals surface area (Å²) in [7, 11) is 0. The largest absolute Gasteiger partial charge is 0.466 e. The maximum atomic E-state index is 13.3. The first-order valence-electron chi connectivity index (χ1n) is 8.76. The molecule has 1 aromatic rings. The van der Waals surface area contributed by atoms with Crippen LogP contribution in [-0.2, 0) is 26.2 Å². The van der Waals surface area contributed by atoms with E-state index in [9.17, 15) is 18.4 Å². The molecule has 1 atom stereocenters. The quantitative estimate of drug-likeness (QED) is 0.468. The molecule has 148 valence electrons. The first-order valence-corrected chi connectivity index (χ1v) is 8.76. The lowest BCUT2D eigenvalue weighted by molar-refractivity contribution is -0.142.